The van der Waals surface area contributed by atoms with Gasteiger partial charge in [0.25, 0.3) is 0 Å². The Bertz CT molecular complexity index is 609. The van der Waals surface area contributed by atoms with Gasteiger partial charge in [-0.05, 0) is 24.3 Å². The van der Waals surface area contributed by atoms with Gasteiger partial charge in [0.1, 0.15) is 11.1 Å². The summed E-state index contributed by atoms with van der Waals surface area (Å²) in [6, 6.07) is 8.05. The molecule has 1 atom stereocenters. The quantitative estimate of drug-likeness (QED) is 0.757. The van der Waals surface area contributed by atoms with E-state index in [1.165, 1.54) is 5.69 Å². The molecule has 3 rings (SSSR count). The first kappa shape index (κ1) is 15.6. The van der Waals surface area contributed by atoms with E-state index in [0.29, 0.717) is 6.42 Å². The summed E-state index contributed by atoms with van der Waals surface area (Å²) < 4.78 is 7.44. The molecule has 1 aliphatic rings. The number of furan rings is 1. The molecule has 3 heterocycles. The van der Waals surface area contributed by atoms with Gasteiger partial charge in [0.15, 0.2) is 0 Å². The van der Waals surface area contributed by atoms with Crippen molar-refractivity contribution in [3.63, 3.8) is 0 Å². The van der Waals surface area contributed by atoms with E-state index in [9.17, 15) is 4.79 Å². The van der Waals surface area contributed by atoms with Crippen molar-refractivity contribution in [2.75, 3.05) is 18.1 Å². The Morgan fingerprint density at radius 2 is 2.32 bits per heavy atom. The van der Waals surface area contributed by atoms with Crippen molar-refractivity contribution < 1.29 is 9.21 Å². The van der Waals surface area contributed by atoms with Crippen LogP contribution in [0.5, 0.6) is 0 Å². The number of amides is 1. The van der Waals surface area contributed by atoms with E-state index < -0.39 is 0 Å². The van der Waals surface area contributed by atoms with Gasteiger partial charge in [0.05, 0.1) is 17.7 Å². The van der Waals surface area contributed by atoms with Gasteiger partial charge in [-0.1, -0.05) is 0 Å². The monoisotopic (exact) mass is 336 g/mol. The smallest absolute Gasteiger partial charge is 0.224 e. The van der Waals surface area contributed by atoms with E-state index in [4.69, 9.17) is 4.42 Å². The van der Waals surface area contributed by atoms with Gasteiger partial charge in [-0.25, -0.2) is 0 Å². The minimum Gasteiger partial charge on any atom is -0.468 e. The summed E-state index contributed by atoms with van der Waals surface area (Å²) in [4.78, 5) is 14.3. The Morgan fingerprint density at radius 1 is 1.41 bits per heavy atom. The number of nitrogens with zero attached hydrogens (tertiary/aromatic N) is 2. The van der Waals surface area contributed by atoms with E-state index >= 15 is 0 Å². The molecule has 0 radical (unpaired) electrons. The van der Waals surface area contributed by atoms with Crippen molar-refractivity contribution in [3.8, 4) is 0 Å². The number of aromatic nitrogens is 1. The van der Waals surface area contributed by atoms with Crippen molar-refractivity contribution in [3.05, 3.63) is 48.2 Å². The highest BCUT2D eigenvalue weighted by Crippen LogP contribution is 2.37. The molecule has 1 fully saturated rings. The van der Waals surface area contributed by atoms with Gasteiger partial charge in [0, 0.05) is 37.7 Å². The first-order valence-corrected chi connectivity index (χ1v) is 9.58. The molecule has 2 aromatic heterocycles. The number of thioether (sulfide) groups is 2. The van der Waals surface area contributed by atoms with E-state index in [1.54, 1.807) is 18.0 Å². The second kappa shape index (κ2) is 7.33. The number of carbonyl (C=O) groups is 1. The van der Waals surface area contributed by atoms with Crippen LogP contribution in [-0.4, -0.2) is 33.4 Å². The van der Waals surface area contributed by atoms with E-state index in [2.05, 4.69) is 10.6 Å². The lowest BCUT2D eigenvalue weighted by atomic mass is 10.3. The van der Waals surface area contributed by atoms with Gasteiger partial charge < -0.3 is 13.9 Å². The minimum absolute atomic E-state index is 0.144. The number of hydrogen-bond acceptors (Lipinski definition) is 4. The van der Waals surface area contributed by atoms with Crippen LogP contribution in [0.4, 0.5) is 0 Å². The highest BCUT2D eigenvalue weighted by Gasteiger charge is 2.30. The summed E-state index contributed by atoms with van der Waals surface area (Å²) in [6.45, 7) is 0.785. The molecule has 22 heavy (non-hydrogen) atoms. The lowest BCUT2D eigenvalue weighted by Gasteiger charge is -2.35. The van der Waals surface area contributed by atoms with Crippen LogP contribution in [0.15, 0.2) is 41.1 Å². The maximum atomic E-state index is 12.3. The SMILES string of the molecule is Cn1cccc1C1SCCC(=O)N1CCSCc1ccco1. The molecule has 0 N–H and O–H groups in total. The Morgan fingerprint density at radius 3 is 3.05 bits per heavy atom. The summed E-state index contributed by atoms with van der Waals surface area (Å²) in [5.74, 6) is 3.95. The Balaban J connectivity index is 1.58. The minimum atomic E-state index is 0.144. The standard InChI is InChI=1S/C16H20N2O2S2/c1-17-7-2-5-14(17)16-18(15(19)6-10-22-16)8-11-21-12-13-4-3-9-20-13/h2-5,7,9,16H,6,8,10-12H2,1H3. The van der Waals surface area contributed by atoms with E-state index in [0.717, 1.165) is 29.6 Å². The fourth-order valence-electron chi connectivity index (χ4n) is 2.57. The maximum Gasteiger partial charge on any atom is 0.224 e. The fraction of sp³-hybridized carbons (Fsp3) is 0.438. The topological polar surface area (TPSA) is 38.4 Å². The van der Waals surface area contributed by atoms with Crippen molar-refractivity contribution in [1.82, 2.24) is 9.47 Å². The first-order chi connectivity index (χ1) is 10.8. The van der Waals surface area contributed by atoms with E-state index in [1.807, 2.05) is 48.1 Å². The molecule has 4 nitrogen and oxygen atoms in total. The third-order valence-electron chi connectivity index (χ3n) is 3.73. The second-order valence-corrected chi connectivity index (χ2v) is 7.53. The molecular formula is C16H20N2O2S2. The molecular weight excluding hydrogens is 316 g/mol. The highest BCUT2D eigenvalue weighted by atomic mass is 32.2. The Labute approximate surface area is 139 Å². The van der Waals surface area contributed by atoms with Crippen molar-refractivity contribution >= 4 is 29.4 Å². The van der Waals surface area contributed by atoms with Crippen molar-refractivity contribution in [2.24, 2.45) is 7.05 Å². The third-order valence-corrected chi connectivity index (χ3v) is 5.94. The molecule has 0 aliphatic carbocycles. The highest BCUT2D eigenvalue weighted by molar-refractivity contribution is 7.99. The zero-order valence-corrected chi connectivity index (χ0v) is 14.2. The number of rotatable bonds is 6. The Hall–Kier alpha value is -1.27. The van der Waals surface area contributed by atoms with E-state index in [-0.39, 0.29) is 11.3 Å². The molecule has 6 heteroatoms. The van der Waals surface area contributed by atoms with Crippen LogP contribution in [0.2, 0.25) is 0 Å². The molecule has 2 aromatic rings. The van der Waals surface area contributed by atoms with Crippen LogP contribution >= 0.6 is 23.5 Å². The lowest BCUT2D eigenvalue weighted by molar-refractivity contribution is -0.131. The fourth-order valence-corrected chi connectivity index (χ4v) is 4.74. The van der Waals surface area contributed by atoms with Crippen molar-refractivity contribution in [2.45, 2.75) is 17.5 Å². The summed E-state index contributed by atoms with van der Waals surface area (Å²) in [5.41, 5.74) is 1.20. The molecule has 0 bridgehead atoms. The normalized spacial score (nSPS) is 18.9. The third kappa shape index (κ3) is 3.55. The number of carbonyl (C=O) groups excluding carboxylic acids is 1. The largest absolute Gasteiger partial charge is 0.468 e. The van der Waals surface area contributed by atoms with Gasteiger partial charge in [-0.15, -0.1) is 11.8 Å². The lowest BCUT2D eigenvalue weighted by Crippen LogP contribution is -2.39. The van der Waals surface area contributed by atoms with Gasteiger partial charge in [0.2, 0.25) is 5.91 Å². The average molecular weight is 336 g/mol. The van der Waals surface area contributed by atoms with Gasteiger partial charge in [-0.3, -0.25) is 4.79 Å². The summed E-state index contributed by atoms with van der Waals surface area (Å²) in [5, 5.41) is 0.144. The molecule has 1 saturated heterocycles. The second-order valence-electron chi connectivity index (χ2n) is 5.24. The molecule has 1 amide bonds. The van der Waals surface area contributed by atoms with Crippen LogP contribution in [0.25, 0.3) is 0 Å². The predicted molar refractivity (Wildman–Crippen MR) is 91.8 cm³/mol. The molecule has 1 aliphatic heterocycles. The summed E-state index contributed by atoms with van der Waals surface area (Å²) in [6.07, 6.45) is 4.39. The van der Waals surface area contributed by atoms with Crippen LogP contribution in [0.1, 0.15) is 23.2 Å². The first-order valence-electron chi connectivity index (χ1n) is 7.38. The van der Waals surface area contributed by atoms with Crippen LogP contribution < -0.4 is 0 Å². The van der Waals surface area contributed by atoms with Crippen molar-refractivity contribution in [1.29, 1.82) is 0 Å². The Kier molecular flexibility index (Phi) is 5.20. The molecule has 118 valence electrons. The van der Waals surface area contributed by atoms with Gasteiger partial charge >= 0.3 is 0 Å². The van der Waals surface area contributed by atoms with Crippen LogP contribution in [-0.2, 0) is 17.6 Å². The average Bonchev–Trinajstić information content (AvgIpc) is 3.16. The van der Waals surface area contributed by atoms with Crippen LogP contribution in [0.3, 0.4) is 0 Å². The molecule has 0 spiro atoms. The number of aryl methyl sites for hydroxylation is 1. The molecule has 1 unspecified atom stereocenters. The number of hydrogen-bond donors (Lipinski definition) is 0. The summed E-state index contributed by atoms with van der Waals surface area (Å²) >= 11 is 3.67. The van der Waals surface area contributed by atoms with Crippen LogP contribution in [0, 0.1) is 0 Å². The zero-order valence-electron chi connectivity index (χ0n) is 12.6. The van der Waals surface area contributed by atoms with Gasteiger partial charge in [-0.2, -0.15) is 11.8 Å². The molecule has 0 saturated carbocycles. The maximum absolute atomic E-state index is 12.3. The predicted octanol–water partition coefficient (Wildman–Crippen LogP) is 3.52. The summed E-state index contributed by atoms with van der Waals surface area (Å²) in [7, 11) is 2.04. The molecule has 0 aromatic carbocycles. The zero-order chi connectivity index (χ0) is 15.4.